The normalized spacial score (nSPS) is 19.3. The first-order valence-electron chi connectivity index (χ1n) is 17.0. The molecule has 2 bridgehead atoms. The highest BCUT2D eigenvalue weighted by Gasteiger charge is 2.38. The fourth-order valence-electron chi connectivity index (χ4n) is 7.41. The molecular formula is C39H41Cl2N3O7. The fraction of sp³-hybridized carbons (Fsp3) is 0.359. The van der Waals surface area contributed by atoms with Crippen LogP contribution in [0.3, 0.4) is 0 Å². The van der Waals surface area contributed by atoms with Gasteiger partial charge in [0.05, 0.1) is 20.2 Å². The summed E-state index contributed by atoms with van der Waals surface area (Å²) < 4.78 is 18.0. The number of nitrogens with zero attached hydrogens (tertiary/aromatic N) is 2. The molecule has 0 saturated carbocycles. The van der Waals surface area contributed by atoms with E-state index in [0.29, 0.717) is 47.1 Å². The van der Waals surface area contributed by atoms with Gasteiger partial charge in [-0.25, -0.2) is 4.79 Å². The van der Waals surface area contributed by atoms with Crippen LogP contribution < -0.4 is 24.6 Å². The molecule has 3 fully saturated rings. The van der Waals surface area contributed by atoms with E-state index in [1.54, 1.807) is 18.2 Å². The first kappa shape index (κ1) is 36.4. The molecule has 3 saturated heterocycles. The van der Waals surface area contributed by atoms with Crippen molar-refractivity contribution in [2.45, 2.75) is 43.7 Å². The molecule has 0 radical (unpaired) electrons. The number of pyridine rings is 1. The van der Waals surface area contributed by atoms with Crippen molar-refractivity contribution in [3.8, 4) is 11.5 Å². The molecule has 3 aromatic carbocycles. The number of rotatable bonds is 14. The minimum absolute atomic E-state index is 0.00838. The number of carbonyl (C=O) groups is 2. The van der Waals surface area contributed by atoms with Crippen molar-refractivity contribution in [3.05, 3.63) is 123 Å². The van der Waals surface area contributed by atoms with E-state index in [1.807, 2.05) is 42.5 Å². The number of hydrogen-bond donors (Lipinski definition) is 2. The third kappa shape index (κ3) is 8.25. The van der Waals surface area contributed by atoms with Gasteiger partial charge < -0.3 is 29.4 Å². The second kappa shape index (κ2) is 16.3. The number of ether oxygens (including phenoxy) is 3. The van der Waals surface area contributed by atoms with Gasteiger partial charge in [0.15, 0.2) is 11.5 Å². The molecular weight excluding hydrogens is 693 g/mol. The number of carboxylic acids is 1. The molecule has 3 atom stereocenters. The van der Waals surface area contributed by atoms with Crippen molar-refractivity contribution in [3.63, 3.8) is 0 Å². The minimum atomic E-state index is -1.34. The third-order valence-electron chi connectivity index (χ3n) is 10.0. The second-order valence-electron chi connectivity index (χ2n) is 13.0. The zero-order valence-electron chi connectivity index (χ0n) is 28.5. The molecule has 4 heterocycles. The SMILES string of the molecule is COc1ccc([C@H](Cc2c(Cl)c[n+](O)cc2Cl)c2c(CCNC(C(=O)O[C@H]3CN4CCC3CC4)c3ccccc3)cccc2C(=O)[O-])cc1OC. The summed E-state index contributed by atoms with van der Waals surface area (Å²) in [6, 6.07) is 19.2. The zero-order chi connectivity index (χ0) is 36.1. The molecule has 3 aliphatic rings. The van der Waals surface area contributed by atoms with Crippen LogP contribution >= 0.6 is 23.2 Å². The van der Waals surface area contributed by atoms with Crippen molar-refractivity contribution in [1.29, 1.82) is 0 Å². The molecule has 0 amide bonds. The Balaban J connectivity index is 1.34. The van der Waals surface area contributed by atoms with Crippen molar-refractivity contribution in [2.75, 3.05) is 40.4 Å². The monoisotopic (exact) mass is 733 g/mol. The highest BCUT2D eigenvalue weighted by atomic mass is 35.5. The predicted octanol–water partition coefficient (Wildman–Crippen LogP) is 4.78. The van der Waals surface area contributed by atoms with E-state index < -0.39 is 17.9 Å². The van der Waals surface area contributed by atoms with Crippen LogP contribution in [0, 0.1) is 5.92 Å². The summed E-state index contributed by atoms with van der Waals surface area (Å²) >= 11 is 13.2. The number of aromatic nitrogens is 1. The lowest BCUT2D eigenvalue weighted by Gasteiger charge is -2.44. The topological polar surface area (TPSA) is 124 Å². The van der Waals surface area contributed by atoms with E-state index in [0.717, 1.165) is 48.3 Å². The van der Waals surface area contributed by atoms with E-state index in [4.69, 9.17) is 37.4 Å². The number of nitrogens with one attached hydrogen (secondary N) is 1. The molecule has 7 rings (SSSR count). The van der Waals surface area contributed by atoms with Crippen molar-refractivity contribution < 1.29 is 38.8 Å². The molecule has 10 nitrogen and oxygen atoms in total. The van der Waals surface area contributed by atoms with Crippen molar-refractivity contribution in [1.82, 2.24) is 10.2 Å². The molecule has 0 aliphatic carbocycles. The number of carboxylic acid groups (broad SMARTS) is 1. The quantitative estimate of drug-likeness (QED) is 0.107. The maximum absolute atomic E-state index is 13.8. The Kier molecular flexibility index (Phi) is 11.7. The van der Waals surface area contributed by atoms with Gasteiger partial charge in [0.2, 0.25) is 12.4 Å². The number of carbonyl (C=O) groups excluding carboxylic acids is 2. The lowest BCUT2D eigenvalue weighted by atomic mass is 9.80. The number of piperidine rings is 3. The van der Waals surface area contributed by atoms with Crippen LogP contribution in [0.1, 0.15) is 63.0 Å². The molecule has 51 heavy (non-hydrogen) atoms. The van der Waals surface area contributed by atoms with Gasteiger partial charge in [-0.15, -0.1) is 0 Å². The Morgan fingerprint density at radius 3 is 2.29 bits per heavy atom. The number of esters is 1. The van der Waals surface area contributed by atoms with E-state index in [-0.39, 0.29) is 34.1 Å². The fourth-order valence-corrected chi connectivity index (χ4v) is 8.02. The highest BCUT2D eigenvalue weighted by Crippen LogP contribution is 2.40. The average molecular weight is 735 g/mol. The van der Waals surface area contributed by atoms with Gasteiger partial charge in [-0.1, -0.05) is 77.8 Å². The van der Waals surface area contributed by atoms with E-state index in [2.05, 4.69) is 10.2 Å². The van der Waals surface area contributed by atoms with E-state index >= 15 is 0 Å². The molecule has 3 aliphatic heterocycles. The van der Waals surface area contributed by atoms with Gasteiger partial charge in [-0.2, -0.15) is 0 Å². The molecule has 2 N–H and O–H groups in total. The van der Waals surface area contributed by atoms with Crippen LogP contribution in [0.15, 0.2) is 79.1 Å². The second-order valence-corrected chi connectivity index (χ2v) is 13.8. The summed E-state index contributed by atoms with van der Waals surface area (Å²) in [6.45, 7) is 3.17. The van der Waals surface area contributed by atoms with Gasteiger partial charge in [0.1, 0.15) is 22.2 Å². The lowest BCUT2D eigenvalue weighted by molar-refractivity contribution is -0.904. The molecule has 0 spiro atoms. The van der Waals surface area contributed by atoms with Crippen LogP contribution in [-0.2, 0) is 22.4 Å². The lowest BCUT2D eigenvalue weighted by Crippen LogP contribution is -2.52. The van der Waals surface area contributed by atoms with Crippen LogP contribution in [0.5, 0.6) is 11.5 Å². The van der Waals surface area contributed by atoms with Crippen LogP contribution in [0.2, 0.25) is 10.0 Å². The largest absolute Gasteiger partial charge is 0.545 e. The number of methoxy groups -OCH3 is 2. The maximum atomic E-state index is 13.8. The zero-order valence-corrected chi connectivity index (χ0v) is 30.0. The van der Waals surface area contributed by atoms with Crippen LogP contribution in [0.25, 0.3) is 0 Å². The first-order chi connectivity index (χ1) is 24.7. The Labute approximate surface area is 307 Å². The minimum Gasteiger partial charge on any atom is -0.545 e. The number of halogens is 2. The molecule has 1 unspecified atom stereocenters. The Morgan fingerprint density at radius 2 is 1.67 bits per heavy atom. The number of hydrogen-bond acceptors (Lipinski definition) is 9. The summed E-state index contributed by atoms with van der Waals surface area (Å²) in [5.74, 6) is -0.946. The summed E-state index contributed by atoms with van der Waals surface area (Å²) in [7, 11) is 3.06. The smallest absolute Gasteiger partial charge is 0.328 e. The Morgan fingerprint density at radius 1 is 0.961 bits per heavy atom. The molecule has 268 valence electrons. The number of aromatic carboxylic acids is 1. The van der Waals surface area contributed by atoms with Gasteiger partial charge in [-0.3, -0.25) is 10.1 Å². The Bertz CT molecular complexity index is 1840. The summed E-state index contributed by atoms with van der Waals surface area (Å²) in [5.41, 5.74) is 3.25. The summed E-state index contributed by atoms with van der Waals surface area (Å²) in [6.07, 6.45) is 5.10. The number of fused-ring (bicyclic) bond motifs is 3. The first-order valence-corrected chi connectivity index (χ1v) is 17.8. The van der Waals surface area contributed by atoms with Crippen molar-refractivity contribution >= 4 is 35.1 Å². The van der Waals surface area contributed by atoms with Gasteiger partial charge in [0.25, 0.3) is 0 Å². The van der Waals surface area contributed by atoms with Crippen LogP contribution in [-0.4, -0.2) is 68.5 Å². The van der Waals surface area contributed by atoms with Gasteiger partial charge >= 0.3 is 5.97 Å². The highest BCUT2D eigenvalue weighted by molar-refractivity contribution is 6.35. The summed E-state index contributed by atoms with van der Waals surface area (Å²) in [5, 5.41) is 26.6. The van der Waals surface area contributed by atoms with Crippen LogP contribution in [0.4, 0.5) is 0 Å². The van der Waals surface area contributed by atoms with E-state index in [9.17, 15) is 19.9 Å². The van der Waals surface area contributed by atoms with E-state index in [1.165, 1.54) is 32.7 Å². The number of benzene rings is 3. The standard InChI is InChI=1S/C39H41Cl2N3O7/c1-49-33-12-11-27(19-34(33)50-2)29(20-30-31(40)21-44(48)22-32(30)41)36-25(9-6-10-28(36)38(45)46)13-16-42-37(26-7-4-3-5-8-26)39(47)51-35-23-43-17-14-24(35)15-18-43/h3-12,19,21-22,24,29,35,37,42H,13-18,20,23H2,1-2H3,(H-,45,46,48)/t29-,35-,37?/m0/s1. The molecule has 1 aromatic heterocycles. The summed E-state index contributed by atoms with van der Waals surface area (Å²) in [4.78, 5) is 28.9. The van der Waals surface area contributed by atoms with Gasteiger partial charge in [0, 0.05) is 34.9 Å². The predicted molar refractivity (Wildman–Crippen MR) is 190 cm³/mol. The Hall–Kier alpha value is -4.35. The van der Waals surface area contributed by atoms with Crippen molar-refractivity contribution in [2.24, 2.45) is 5.92 Å². The maximum Gasteiger partial charge on any atom is 0.328 e. The van der Waals surface area contributed by atoms with Gasteiger partial charge in [-0.05, 0) is 79.1 Å². The molecule has 4 aromatic rings. The molecule has 12 heteroatoms. The average Bonchev–Trinajstić information content (AvgIpc) is 3.13. The third-order valence-corrected chi connectivity index (χ3v) is 10.7.